The molecule has 2 heterocycles. The number of hydrogen-bond acceptors (Lipinski definition) is 6. The molecule has 0 aliphatic carbocycles. The summed E-state index contributed by atoms with van der Waals surface area (Å²) in [4.78, 5) is 8.90. The molecule has 0 spiro atoms. The van der Waals surface area contributed by atoms with Crippen LogP contribution in [0.4, 0.5) is 0 Å². The van der Waals surface area contributed by atoms with Gasteiger partial charge in [0.1, 0.15) is 5.82 Å². The molecule has 0 saturated carbocycles. The predicted molar refractivity (Wildman–Crippen MR) is 71.3 cm³/mol. The summed E-state index contributed by atoms with van der Waals surface area (Å²) in [6.45, 7) is 0. The van der Waals surface area contributed by atoms with Gasteiger partial charge in [-0.2, -0.15) is 11.8 Å². The second-order valence-corrected chi connectivity index (χ2v) is 6.04. The van der Waals surface area contributed by atoms with E-state index in [9.17, 15) is 0 Å². The van der Waals surface area contributed by atoms with Gasteiger partial charge in [0.15, 0.2) is 0 Å². The van der Waals surface area contributed by atoms with Crippen molar-refractivity contribution in [3.63, 3.8) is 0 Å². The number of ether oxygens (including phenoxy) is 2. The first-order valence-corrected chi connectivity index (χ1v) is 7.63. The van der Waals surface area contributed by atoms with Crippen LogP contribution in [0, 0.1) is 0 Å². The van der Waals surface area contributed by atoms with Crippen LogP contribution in [-0.2, 0) is 9.47 Å². The summed E-state index contributed by atoms with van der Waals surface area (Å²) >= 11 is 3.88. The number of aromatic nitrogens is 2. The first-order valence-electron chi connectivity index (χ1n) is 5.43. The Balaban J connectivity index is 2.15. The Kier molecular flexibility index (Phi) is 5.09. The zero-order valence-electron chi connectivity index (χ0n) is 9.96. The van der Waals surface area contributed by atoms with Gasteiger partial charge in [-0.15, -0.1) is 11.8 Å². The number of rotatable bonds is 4. The minimum atomic E-state index is -0.405. The second kappa shape index (κ2) is 6.58. The van der Waals surface area contributed by atoms with Gasteiger partial charge >= 0.3 is 0 Å². The Hall–Kier alpha value is -0.300. The van der Waals surface area contributed by atoms with Crippen molar-refractivity contribution in [2.75, 3.05) is 31.5 Å². The van der Waals surface area contributed by atoms with Crippen LogP contribution in [-0.4, -0.2) is 41.4 Å². The van der Waals surface area contributed by atoms with Gasteiger partial charge in [0, 0.05) is 37.7 Å². The van der Waals surface area contributed by atoms with Gasteiger partial charge in [-0.25, -0.2) is 9.97 Å². The van der Waals surface area contributed by atoms with E-state index < -0.39 is 6.29 Å². The molecule has 0 amide bonds. The lowest BCUT2D eigenvalue weighted by molar-refractivity contribution is -0.108. The Morgan fingerprint density at radius 2 is 2.18 bits per heavy atom. The molecule has 1 saturated heterocycles. The number of hydrogen-bond donors (Lipinski definition) is 0. The van der Waals surface area contributed by atoms with E-state index in [1.54, 1.807) is 20.4 Å². The van der Waals surface area contributed by atoms with Crippen LogP contribution >= 0.6 is 23.5 Å². The second-order valence-electron chi connectivity index (χ2n) is 3.58. The van der Waals surface area contributed by atoms with Crippen molar-refractivity contribution in [3.8, 4) is 0 Å². The Labute approximate surface area is 110 Å². The van der Waals surface area contributed by atoms with Gasteiger partial charge < -0.3 is 9.47 Å². The van der Waals surface area contributed by atoms with Crippen LogP contribution < -0.4 is 0 Å². The average Bonchev–Trinajstić information content (AvgIpc) is 2.42. The molecule has 17 heavy (non-hydrogen) atoms. The Bertz CT molecular complexity index is 355. The van der Waals surface area contributed by atoms with Gasteiger partial charge in [0.25, 0.3) is 0 Å². The molecule has 1 fully saturated rings. The zero-order chi connectivity index (χ0) is 12.1. The average molecular weight is 272 g/mol. The maximum atomic E-state index is 5.20. The van der Waals surface area contributed by atoms with E-state index in [-0.39, 0.29) is 0 Å². The summed E-state index contributed by atoms with van der Waals surface area (Å²) in [5, 5.41) is 0.392. The van der Waals surface area contributed by atoms with Crippen LogP contribution in [0.3, 0.4) is 0 Å². The number of nitrogens with zero attached hydrogens (tertiary/aromatic N) is 2. The van der Waals surface area contributed by atoms with Gasteiger partial charge in [-0.05, 0) is 6.07 Å². The van der Waals surface area contributed by atoms with E-state index in [2.05, 4.69) is 9.97 Å². The molecule has 0 aromatic carbocycles. The summed E-state index contributed by atoms with van der Waals surface area (Å²) in [5.41, 5.74) is 0.788. The fourth-order valence-electron chi connectivity index (χ4n) is 1.65. The van der Waals surface area contributed by atoms with Gasteiger partial charge in [-0.3, -0.25) is 0 Å². The molecule has 1 aromatic rings. The third kappa shape index (κ3) is 3.34. The van der Waals surface area contributed by atoms with Crippen molar-refractivity contribution in [3.05, 3.63) is 23.8 Å². The smallest absolute Gasteiger partial charge is 0.200 e. The molecule has 1 aliphatic heterocycles. The maximum Gasteiger partial charge on any atom is 0.200 e. The molecule has 1 aliphatic rings. The highest BCUT2D eigenvalue weighted by molar-refractivity contribution is 8.06. The third-order valence-electron chi connectivity index (χ3n) is 2.47. The van der Waals surface area contributed by atoms with Crippen molar-refractivity contribution in [2.45, 2.75) is 11.5 Å². The van der Waals surface area contributed by atoms with Gasteiger partial charge in [0.2, 0.25) is 6.29 Å². The highest BCUT2D eigenvalue weighted by Crippen LogP contribution is 2.35. The summed E-state index contributed by atoms with van der Waals surface area (Å²) in [7, 11) is 3.22. The maximum absolute atomic E-state index is 5.20. The molecule has 94 valence electrons. The summed E-state index contributed by atoms with van der Waals surface area (Å²) in [6, 6.07) is 1.84. The normalized spacial score (nSPS) is 20.8. The minimum Gasteiger partial charge on any atom is -0.350 e. The molecule has 1 atom stereocenters. The first-order chi connectivity index (χ1) is 8.35. The Morgan fingerprint density at radius 1 is 1.35 bits per heavy atom. The van der Waals surface area contributed by atoms with E-state index in [1.807, 2.05) is 29.6 Å². The largest absolute Gasteiger partial charge is 0.350 e. The lowest BCUT2D eigenvalue weighted by Crippen LogP contribution is -2.13. The fraction of sp³-hybridized carbons (Fsp3) is 0.636. The van der Waals surface area contributed by atoms with Crippen LogP contribution in [0.1, 0.15) is 23.1 Å². The molecule has 6 heteroatoms. The lowest BCUT2D eigenvalue weighted by atomic mass is 10.3. The fourth-order valence-corrected chi connectivity index (χ4v) is 4.26. The summed E-state index contributed by atoms with van der Waals surface area (Å²) in [5.74, 6) is 4.36. The van der Waals surface area contributed by atoms with E-state index in [4.69, 9.17) is 9.47 Å². The summed E-state index contributed by atoms with van der Waals surface area (Å²) in [6.07, 6.45) is 1.38. The first kappa shape index (κ1) is 13.1. The standard InChI is InChI=1S/C11H16N2O2S2/c1-14-11(15-2)8-3-4-12-10(13-8)9-7-16-5-6-17-9/h3-4,9,11H,5-7H2,1-2H3. The molecule has 0 N–H and O–H groups in total. The molecule has 1 aromatic heterocycles. The van der Waals surface area contributed by atoms with Crippen molar-refractivity contribution >= 4 is 23.5 Å². The van der Waals surface area contributed by atoms with Crippen LogP contribution in [0.5, 0.6) is 0 Å². The number of methoxy groups -OCH3 is 2. The molecule has 2 rings (SSSR count). The van der Waals surface area contributed by atoms with Crippen molar-refractivity contribution in [1.29, 1.82) is 0 Å². The van der Waals surface area contributed by atoms with Gasteiger partial charge in [0.05, 0.1) is 10.9 Å². The van der Waals surface area contributed by atoms with Crippen molar-refractivity contribution in [1.82, 2.24) is 9.97 Å². The van der Waals surface area contributed by atoms with Crippen LogP contribution in [0.15, 0.2) is 12.3 Å². The Morgan fingerprint density at radius 3 is 2.82 bits per heavy atom. The van der Waals surface area contributed by atoms with Crippen molar-refractivity contribution in [2.24, 2.45) is 0 Å². The van der Waals surface area contributed by atoms with Crippen LogP contribution in [0.25, 0.3) is 0 Å². The van der Waals surface area contributed by atoms with E-state index in [1.165, 1.54) is 11.5 Å². The highest BCUT2D eigenvalue weighted by Gasteiger charge is 2.20. The monoisotopic (exact) mass is 272 g/mol. The quantitative estimate of drug-likeness (QED) is 0.784. The zero-order valence-corrected chi connectivity index (χ0v) is 11.6. The van der Waals surface area contributed by atoms with Crippen molar-refractivity contribution < 1.29 is 9.47 Å². The number of thioether (sulfide) groups is 2. The molecule has 0 radical (unpaired) electrons. The molecular formula is C11H16N2O2S2. The predicted octanol–water partition coefficient (Wildman–Crippen LogP) is 2.29. The SMILES string of the molecule is COC(OC)c1ccnc(C2CSCCS2)n1. The minimum absolute atomic E-state index is 0.392. The molecule has 1 unspecified atom stereocenters. The molecule has 4 nitrogen and oxygen atoms in total. The topological polar surface area (TPSA) is 44.2 Å². The lowest BCUT2D eigenvalue weighted by Gasteiger charge is -2.20. The highest BCUT2D eigenvalue weighted by atomic mass is 32.2. The van der Waals surface area contributed by atoms with Crippen LogP contribution in [0.2, 0.25) is 0 Å². The van der Waals surface area contributed by atoms with E-state index in [0.29, 0.717) is 5.25 Å². The van der Waals surface area contributed by atoms with Gasteiger partial charge in [-0.1, -0.05) is 0 Å². The third-order valence-corrected chi connectivity index (χ3v) is 5.22. The van der Waals surface area contributed by atoms with E-state index in [0.717, 1.165) is 17.3 Å². The summed E-state index contributed by atoms with van der Waals surface area (Å²) < 4.78 is 10.4. The molecular weight excluding hydrogens is 256 g/mol. The molecule has 0 bridgehead atoms. The van der Waals surface area contributed by atoms with E-state index >= 15 is 0 Å².